The maximum absolute atomic E-state index is 10.4. The summed E-state index contributed by atoms with van der Waals surface area (Å²) in [7, 11) is 0. The molecule has 126 valence electrons. The van der Waals surface area contributed by atoms with Crippen molar-refractivity contribution in [2.24, 2.45) is 0 Å². The first-order chi connectivity index (χ1) is 12.4. The van der Waals surface area contributed by atoms with E-state index in [1.807, 2.05) is 0 Å². The zero-order valence-corrected chi connectivity index (χ0v) is 12.6. The number of aliphatic carboxylic acids is 1. The van der Waals surface area contributed by atoms with Gasteiger partial charge < -0.3 is 25.0 Å². The molecule has 6 nitrogen and oxygen atoms in total. The van der Waals surface area contributed by atoms with Gasteiger partial charge in [0.25, 0.3) is 0 Å². The first-order valence-corrected chi connectivity index (χ1v) is 6.32. The van der Waals surface area contributed by atoms with E-state index >= 15 is 0 Å². The van der Waals surface area contributed by atoms with Gasteiger partial charge in [-0.2, -0.15) is 0 Å². The van der Waals surface area contributed by atoms with E-state index in [1.54, 1.807) is 24.3 Å². The fourth-order valence-corrected chi connectivity index (χ4v) is 1.44. The fourth-order valence-electron chi connectivity index (χ4n) is 1.44. The fraction of sp³-hybridized carbons (Fsp3) is 0.533. The highest BCUT2D eigenvalue weighted by Gasteiger charge is 2.06. The topological polar surface area (TPSA) is 88.0 Å². The van der Waals surface area contributed by atoms with Gasteiger partial charge in [-0.15, -0.1) is 12.4 Å². The lowest BCUT2D eigenvalue weighted by atomic mass is 10.2. The smallest absolute Gasteiger partial charge is 0.329 e. The zero-order chi connectivity index (χ0) is 20.7. The standard InChI is InChI=1S/C15H23NO5.ClH/c1-11(2)16-7-13(17)9-21-14-5-3-12(4-6-14)8-20-10-15(18)19;/h3-6,11,13,16-17H,7-10H2,1-2H3,(H,18,19);1H/i1D3,2D3;. The number of aliphatic hydroxyl groups is 1. The van der Waals surface area contributed by atoms with Crippen LogP contribution in [0, 0.1) is 0 Å². The highest BCUT2D eigenvalue weighted by Crippen LogP contribution is 2.13. The molecule has 0 aliphatic carbocycles. The van der Waals surface area contributed by atoms with Crippen LogP contribution < -0.4 is 10.1 Å². The Kier molecular flexibility index (Phi) is 6.21. The van der Waals surface area contributed by atoms with E-state index in [0.29, 0.717) is 5.75 Å². The van der Waals surface area contributed by atoms with Crippen molar-refractivity contribution in [3.05, 3.63) is 29.8 Å². The number of aliphatic hydroxyl groups excluding tert-OH is 1. The maximum atomic E-state index is 10.4. The molecule has 0 fully saturated rings. The average Bonchev–Trinajstić information content (AvgIpc) is 2.51. The molecule has 1 atom stereocenters. The van der Waals surface area contributed by atoms with Gasteiger partial charge in [-0.3, -0.25) is 0 Å². The Bertz CT molecular complexity index is 582. The Labute approximate surface area is 145 Å². The van der Waals surface area contributed by atoms with E-state index < -0.39 is 38.4 Å². The summed E-state index contributed by atoms with van der Waals surface area (Å²) in [6.45, 7) is -6.16. The van der Waals surface area contributed by atoms with Crippen LogP contribution in [-0.2, 0) is 16.1 Å². The van der Waals surface area contributed by atoms with E-state index in [-0.39, 0.29) is 32.2 Å². The summed E-state index contributed by atoms with van der Waals surface area (Å²) in [5.74, 6) is -0.629. The van der Waals surface area contributed by atoms with Crippen molar-refractivity contribution in [2.75, 3.05) is 19.8 Å². The molecular formula is C15H24ClNO5. The molecule has 0 saturated heterocycles. The van der Waals surface area contributed by atoms with E-state index in [9.17, 15) is 9.90 Å². The monoisotopic (exact) mass is 339 g/mol. The van der Waals surface area contributed by atoms with Gasteiger partial charge in [-0.05, 0) is 17.7 Å². The van der Waals surface area contributed by atoms with Gasteiger partial charge >= 0.3 is 5.97 Å². The molecule has 1 rings (SSSR count). The normalized spacial score (nSPS) is 17.0. The van der Waals surface area contributed by atoms with Gasteiger partial charge in [0.2, 0.25) is 0 Å². The summed E-state index contributed by atoms with van der Waals surface area (Å²) in [6.07, 6.45) is -1.12. The van der Waals surface area contributed by atoms with Crippen LogP contribution in [-0.4, -0.2) is 48.1 Å². The molecule has 0 spiro atoms. The van der Waals surface area contributed by atoms with Crippen LogP contribution in [0.4, 0.5) is 0 Å². The Morgan fingerprint density at radius 1 is 1.36 bits per heavy atom. The van der Waals surface area contributed by atoms with Crippen LogP contribution in [0.5, 0.6) is 5.75 Å². The minimum Gasteiger partial charge on any atom is -0.491 e. The van der Waals surface area contributed by atoms with E-state index in [2.05, 4.69) is 5.32 Å². The van der Waals surface area contributed by atoms with Crippen LogP contribution in [0.15, 0.2) is 24.3 Å². The van der Waals surface area contributed by atoms with Crippen LogP contribution in [0.3, 0.4) is 0 Å². The maximum Gasteiger partial charge on any atom is 0.329 e. The molecule has 0 amide bonds. The van der Waals surface area contributed by atoms with E-state index in [0.717, 1.165) is 5.56 Å². The minimum absolute atomic E-state index is 0. The second-order valence-electron chi connectivity index (χ2n) is 4.34. The van der Waals surface area contributed by atoms with Gasteiger partial charge in [-0.25, -0.2) is 4.79 Å². The molecule has 0 aromatic heterocycles. The largest absolute Gasteiger partial charge is 0.491 e. The lowest BCUT2D eigenvalue weighted by molar-refractivity contribution is -0.142. The number of rotatable bonds is 10. The predicted octanol–water partition coefficient (Wildman–Crippen LogP) is 1.45. The summed E-state index contributed by atoms with van der Waals surface area (Å²) in [5, 5.41) is 20.7. The predicted molar refractivity (Wildman–Crippen MR) is 85.6 cm³/mol. The first kappa shape index (κ1) is 12.1. The summed E-state index contributed by atoms with van der Waals surface area (Å²) in [5.41, 5.74) is 0.740. The zero-order valence-electron chi connectivity index (χ0n) is 17.8. The number of hydrogen-bond acceptors (Lipinski definition) is 5. The molecule has 1 unspecified atom stereocenters. The van der Waals surface area contributed by atoms with Crippen LogP contribution in [0.2, 0.25) is 0 Å². The third kappa shape index (κ3) is 9.57. The van der Waals surface area contributed by atoms with Crippen LogP contribution in [0.25, 0.3) is 0 Å². The Morgan fingerprint density at radius 3 is 2.64 bits per heavy atom. The molecule has 0 aliphatic rings. The third-order valence-electron chi connectivity index (χ3n) is 2.42. The van der Waals surface area contributed by atoms with Crippen LogP contribution in [0.1, 0.15) is 27.5 Å². The van der Waals surface area contributed by atoms with Gasteiger partial charge in [-0.1, -0.05) is 25.8 Å². The molecule has 3 N–H and O–H groups in total. The Morgan fingerprint density at radius 2 is 2.05 bits per heavy atom. The molecule has 7 heteroatoms. The van der Waals surface area contributed by atoms with Gasteiger partial charge in [0.05, 0.1) is 6.61 Å². The highest BCUT2D eigenvalue weighted by atomic mass is 35.5. The summed E-state index contributed by atoms with van der Waals surface area (Å²) < 4.78 is 53.9. The second kappa shape index (κ2) is 11.3. The van der Waals surface area contributed by atoms with E-state index in [1.165, 1.54) is 0 Å². The van der Waals surface area contributed by atoms with Gasteiger partial charge in [0, 0.05) is 20.8 Å². The van der Waals surface area contributed by atoms with E-state index in [4.69, 9.17) is 22.8 Å². The van der Waals surface area contributed by atoms with Crippen molar-refractivity contribution in [2.45, 2.75) is 32.5 Å². The van der Waals surface area contributed by atoms with Crippen molar-refractivity contribution in [1.82, 2.24) is 5.32 Å². The molecule has 1 aromatic rings. The van der Waals surface area contributed by atoms with Crippen molar-refractivity contribution in [3.8, 4) is 5.75 Å². The summed E-state index contributed by atoms with van der Waals surface area (Å²) in [6, 6.07) is 4.80. The average molecular weight is 340 g/mol. The quantitative estimate of drug-likeness (QED) is 0.598. The molecular weight excluding hydrogens is 310 g/mol. The lowest BCUT2D eigenvalue weighted by Crippen LogP contribution is -2.35. The highest BCUT2D eigenvalue weighted by molar-refractivity contribution is 5.85. The van der Waals surface area contributed by atoms with Crippen molar-refractivity contribution in [3.63, 3.8) is 0 Å². The minimum atomic E-state index is -2.73. The van der Waals surface area contributed by atoms with Crippen molar-refractivity contribution in [1.29, 1.82) is 0 Å². The molecule has 0 bridgehead atoms. The third-order valence-corrected chi connectivity index (χ3v) is 2.42. The number of benzene rings is 1. The molecule has 22 heavy (non-hydrogen) atoms. The van der Waals surface area contributed by atoms with Crippen molar-refractivity contribution >= 4 is 18.4 Å². The lowest BCUT2D eigenvalue weighted by Gasteiger charge is -2.15. The molecule has 0 radical (unpaired) electrons. The second-order valence-corrected chi connectivity index (χ2v) is 4.34. The first-order valence-electron chi connectivity index (χ1n) is 9.32. The molecule has 0 heterocycles. The van der Waals surface area contributed by atoms with Gasteiger partial charge in [0.1, 0.15) is 25.1 Å². The number of hydrogen-bond donors (Lipinski definition) is 3. The SMILES string of the molecule is Cl.[2H]C([2H])([2H])C(NCC(O)COc1ccc(COCC(=O)O)cc1)C([2H])([2H])[2H]. The number of nitrogens with one attached hydrogen (secondary N) is 1. The van der Waals surface area contributed by atoms with Crippen LogP contribution >= 0.6 is 12.4 Å². The van der Waals surface area contributed by atoms with Crippen molar-refractivity contribution < 1.29 is 32.7 Å². The molecule has 0 saturated carbocycles. The number of ether oxygens (including phenoxy) is 2. The number of carboxylic acid groups (broad SMARTS) is 1. The number of carbonyl (C=O) groups is 1. The molecule has 1 aromatic carbocycles. The summed E-state index contributed by atoms with van der Waals surface area (Å²) in [4.78, 5) is 10.4. The Balaban J connectivity index is 0.00000729. The number of halogens is 1. The summed E-state index contributed by atoms with van der Waals surface area (Å²) >= 11 is 0. The Hall–Kier alpha value is -1.34. The van der Waals surface area contributed by atoms with Gasteiger partial charge in [0.15, 0.2) is 0 Å². The molecule has 0 aliphatic heterocycles. The number of carboxylic acids is 1.